The molecule has 182 valence electrons. The SMILES string of the molecule is Cc1ccc(N2C(=O)C(=Cc3cccc(Cl)c3Cl)N=C2SCC(=O)N2c3ccccc3CC2C)cc1. The number of amides is 2. The molecule has 0 saturated carbocycles. The molecule has 0 spiro atoms. The summed E-state index contributed by atoms with van der Waals surface area (Å²) in [5.41, 5.74) is 4.72. The topological polar surface area (TPSA) is 53.0 Å². The van der Waals surface area contributed by atoms with Gasteiger partial charge in [-0.15, -0.1) is 0 Å². The van der Waals surface area contributed by atoms with Crippen molar-refractivity contribution in [1.82, 2.24) is 0 Å². The molecule has 2 aliphatic heterocycles. The van der Waals surface area contributed by atoms with Gasteiger partial charge in [0.05, 0.1) is 21.5 Å². The first kappa shape index (κ1) is 24.6. The van der Waals surface area contributed by atoms with Crippen molar-refractivity contribution in [3.8, 4) is 0 Å². The van der Waals surface area contributed by atoms with Gasteiger partial charge in [-0.05, 0) is 61.7 Å². The molecule has 8 heteroatoms. The third-order valence-corrected chi connectivity index (χ3v) is 7.95. The van der Waals surface area contributed by atoms with Crippen LogP contribution < -0.4 is 9.80 Å². The molecule has 0 radical (unpaired) electrons. The van der Waals surface area contributed by atoms with E-state index in [9.17, 15) is 9.59 Å². The molecule has 2 heterocycles. The predicted molar refractivity (Wildman–Crippen MR) is 150 cm³/mol. The summed E-state index contributed by atoms with van der Waals surface area (Å²) in [7, 11) is 0. The molecule has 1 atom stereocenters. The van der Waals surface area contributed by atoms with Gasteiger partial charge in [-0.3, -0.25) is 14.5 Å². The van der Waals surface area contributed by atoms with E-state index in [1.165, 1.54) is 17.3 Å². The maximum absolute atomic E-state index is 13.5. The van der Waals surface area contributed by atoms with E-state index < -0.39 is 0 Å². The Bertz CT molecular complexity index is 1420. The summed E-state index contributed by atoms with van der Waals surface area (Å²) in [5.74, 6) is -0.158. The van der Waals surface area contributed by atoms with E-state index in [2.05, 4.69) is 11.1 Å². The maximum atomic E-state index is 13.5. The standard InChI is InChI=1S/C28H23Cl2N3O2S/c1-17-10-12-21(13-11-17)33-27(35)23(15-20-7-5-8-22(29)26(20)30)31-28(33)36-16-25(34)32-18(2)14-19-6-3-4-9-24(19)32/h3-13,15,18H,14,16H2,1-2H3. The molecule has 0 aromatic heterocycles. The molecule has 5 rings (SSSR count). The monoisotopic (exact) mass is 535 g/mol. The van der Waals surface area contributed by atoms with Gasteiger partial charge < -0.3 is 4.90 Å². The number of carbonyl (C=O) groups is 2. The van der Waals surface area contributed by atoms with Gasteiger partial charge in [-0.2, -0.15) is 0 Å². The Balaban J connectivity index is 1.44. The molecular weight excluding hydrogens is 513 g/mol. The number of benzene rings is 3. The van der Waals surface area contributed by atoms with Crippen molar-refractivity contribution in [3.05, 3.63) is 99.2 Å². The largest absolute Gasteiger partial charge is 0.308 e. The number of fused-ring (bicyclic) bond motifs is 1. The van der Waals surface area contributed by atoms with E-state index in [0.29, 0.717) is 26.5 Å². The van der Waals surface area contributed by atoms with Crippen LogP contribution in [0.15, 0.2) is 77.4 Å². The van der Waals surface area contributed by atoms with Crippen LogP contribution in [0.5, 0.6) is 0 Å². The van der Waals surface area contributed by atoms with Crippen LogP contribution in [0, 0.1) is 6.92 Å². The normalized spacial score (nSPS) is 18.1. The van der Waals surface area contributed by atoms with Crippen LogP contribution in [0.25, 0.3) is 6.08 Å². The van der Waals surface area contributed by atoms with Gasteiger partial charge in [-0.25, -0.2) is 4.99 Å². The van der Waals surface area contributed by atoms with Crippen LogP contribution in [-0.2, 0) is 16.0 Å². The Morgan fingerprint density at radius 1 is 1.08 bits per heavy atom. The molecule has 0 bridgehead atoms. The van der Waals surface area contributed by atoms with Crippen LogP contribution in [0.2, 0.25) is 10.0 Å². The van der Waals surface area contributed by atoms with Crippen LogP contribution in [0.4, 0.5) is 11.4 Å². The molecule has 5 nitrogen and oxygen atoms in total. The highest BCUT2D eigenvalue weighted by Gasteiger charge is 2.35. The molecule has 0 aliphatic carbocycles. The first-order valence-electron chi connectivity index (χ1n) is 11.5. The third-order valence-electron chi connectivity index (χ3n) is 6.20. The second kappa shape index (κ2) is 10.1. The number of aryl methyl sites for hydroxylation is 1. The molecular formula is C28H23Cl2N3O2S. The molecule has 3 aromatic carbocycles. The van der Waals surface area contributed by atoms with Gasteiger partial charge in [0.25, 0.3) is 5.91 Å². The van der Waals surface area contributed by atoms with Gasteiger partial charge in [0.2, 0.25) is 5.91 Å². The fourth-order valence-electron chi connectivity index (χ4n) is 4.44. The lowest BCUT2D eigenvalue weighted by atomic mass is 10.1. The van der Waals surface area contributed by atoms with E-state index in [1.807, 2.05) is 61.2 Å². The minimum atomic E-state index is -0.287. The molecule has 0 saturated heterocycles. The molecule has 0 fully saturated rings. The fourth-order valence-corrected chi connectivity index (χ4v) is 5.67. The van der Waals surface area contributed by atoms with Crippen molar-refractivity contribution in [3.63, 3.8) is 0 Å². The first-order chi connectivity index (χ1) is 17.3. The Morgan fingerprint density at radius 3 is 2.61 bits per heavy atom. The van der Waals surface area contributed by atoms with Crippen molar-refractivity contribution in [1.29, 1.82) is 0 Å². The van der Waals surface area contributed by atoms with Crippen LogP contribution >= 0.6 is 35.0 Å². The average Bonchev–Trinajstić information content (AvgIpc) is 3.36. The quantitative estimate of drug-likeness (QED) is 0.347. The number of halogens is 2. The number of hydrogen-bond acceptors (Lipinski definition) is 4. The highest BCUT2D eigenvalue weighted by atomic mass is 35.5. The summed E-state index contributed by atoms with van der Waals surface area (Å²) >= 11 is 13.8. The number of amidine groups is 1. The summed E-state index contributed by atoms with van der Waals surface area (Å²) in [6, 6.07) is 20.9. The van der Waals surface area contributed by atoms with E-state index in [-0.39, 0.29) is 29.3 Å². The summed E-state index contributed by atoms with van der Waals surface area (Å²) < 4.78 is 0. The number of thioether (sulfide) groups is 1. The number of aliphatic imine (C=N–C) groups is 1. The van der Waals surface area contributed by atoms with Crippen LogP contribution in [0.3, 0.4) is 0 Å². The number of para-hydroxylation sites is 1. The average molecular weight is 536 g/mol. The summed E-state index contributed by atoms with van der Waals surface area (Å²) in [6.45, 7) is 4.03. The predicted octanol–water partition coefficient (Wildman–Crippen LogP) is 6.76. The van der Waals surface area contributed by atoms with Gasteiger partial charge in [0, 0.05) is 11.7 Å². The number of rotatable bonds is 4. The Hall–Kier alpha value is -3.06. The molecule has 2 aliphatic rings. The fraction of sp³-hybridized carbons (Fsp3) is 0.179. The van der Waals surface area contributed by atoms with Gasteiger partial charge in [0.1, 0.15) is 5.70 Å². The van der Waals surface area contributed by atoms with Gasteiger partial charge >= 0.3 is 0 Å². The number of anilines is 2. The zero-order valence-corrected chi connectivity index (χ0v) is 22.1. The number of carbonyl (C=O) groups excluding carboxylic acids is 2. The molecule has 3 aromatic rings. The minimum Gasteiger partial charge on any atom is -0.308 e. The highest BCUT2D eigenvalue weighted by molar-refractivity contribution is 8.14. The van der Waals surface area contributed by atoms with Crippen LogP contribution in [0.1, 0.15) is 23.6 Å². The minimum absolute atomic E-state index is 0.0215. The smallest absolute Gasteiger partial charge is 0.283 e. The second-order valence-corrected chi connectivity index (χ2v) is 10.5. The Labute approximate surface area is 224 Å². The Kier molecular flexibility index (Phi) is 6.93. The summed E-state index contributed by atoms with van der Waals surface area (Å²) in [6.07, 6.45) is 2.46. The third kappa shape index (κ3) is 4.69. The first-order valence-corrected chi connectivity index (χ1v) is 13.3. The highest BCUT2D eigenvalue weighted by Crippen LogP contribution is 2.35. The lowest BCUT2D eigenvalue weighted by Gasteiger charge is -2.23. The van der Waals surface area contributed by atoms with E-state index in [4.69, 9.17) is 23.2 Å². The maximum Gasteiger partial charge on any atom is 0.283 e. The number of nitrogens with zero attached hydrogens (tertiary/aromatic N) is 3. The zero-order valence-electron chi connectivity index (χ0n) is 19.7. The molecule has 36 heavy (non-hydrogen) atoms. The van der Waals surface area contributed by atoms with Crippen molar-refractivity contribution < 1.29 is 9.59 Å². The second-order valence-electron chi connectivity index (χ2n) is 8.78. The molecule has 0 N–H and O–H groups in total. The Morgan fingerprint density at radius 2 is 1.83 bits per heavy atom. The summed E-state index contributed by atoms with van der Waals surface area (Å²) in [5, 5.41) is 1.20. The van der Waals surface area contributed by atoms with Gasteiger partial charge in [0.15, 0.2) is 5.17 Å². The lowest BCUT2D eigenvalue weighted by molar-refractivity contribution is -0.116. The zero-order chi connectivity index (χ0) is 25.4. The van der Waals surface area contributed by atoms with E-state index in [1.54, 1.807) is 29.2 Å². The van der Waals surface area contributed by atoms with Gasteiger partial charge in [-0.1, -0.05) is 83.0 Å². The van der Waals surface area contributed by atoms with Crippen LogP contribution in [-0.4, -0.2) is 28.8 Å². The van der Waals surface area contributed by atoms with Crippen molar-refractivity contribution >= 4 is 69.4 Å². The van der Waals surface area contributed by atoms with Crippen molar-refractivity contribution in [2.75, 3.05) is 15.6 Å². The summed E-state index contributed by atoms with van der Waals surface area (Å²) in [4.78, 5) is 34.8. The van der Waals surface area contributed by atoms with Crippen molar-refractivity contribution in [2.24, 2.45) is 4.99 Å². The molecule has 2 amide bonds. The number of hydrogen-bond donors (Lipinski definition) is 0. The van der Waals surface area contributed by atoms with Crippen molar-refractivity contribution in [2.45, 2.75) is 26.3 Å². The molecule has 1 unspecified atom stereocenters. The van der Waals surface area contributed by atoms with E-state index >= 15 is 0 Å². The lowest BCUT2D eigenvalue weighted by Crippen LogP contribution is -2.38. The van der Waals surface area contributed by atoms with E-state index in [0.717, 1.165) is 17.7 Å².